The largest absolute Gasteiger partial charge is 0.290 e. The van der Waals surface area contributed by atoms with E-state index in [0.29, 0.717) is 31.1 Å². The topological polar surface area (TPSA) is 40.6 Å². The highest BCUT2D eigenvalue weighted by atomic mass is 79.9. The highest BCUT2D eigenvalue weighted by molar-refractivity contribution is 9.10. The van der Waals surface area contributed by atoms with E-state index in [0.717, 1.165) is 15.2 Å². The van der Waals surface area contributed by atoms with E-state index in [1.807, 2.05) is 42.5 Å². The molecule has 1 aliphatic rings. The van der Waals surface area contributed by atoms with Crippen LogP contribution in [-0.4, -0.2) is 43.8 Å². The zero-order chi connectivity index (χ0) is 22.8. The Labute approximate surface area is 203 Å². The van der Waals surface area contributed by atoms with Crippen LogP contribution in [-0.2, 0) is 10.0 Å². The number of piperazine rings is 1. The summed E-state index contributed by atoms with van der Waals surface area (Å²) < 4.78 is 29.8. The first kappa shape index (κ1) is 22.3. The van der Waals surface area contributed by atoms with Crippen LogP contribution in [0.2, 0.25) is 0 Å². The quantitative estimate of drug-likeness (QED) is 0.339. The molecule has 0 aliphatic carbocycles. The zero-order valence-electron chi connectivity index (χ0n) is 18.1. The molecule has 33 heavy (non-hydrogen) atoms. The minimum absolute atomic E-state index is 0.103. The number of hydrogen-bond donors (Lipinski definition) is 0. The van der Waals surface area contributed by atoms with E-state index < -0.39 is 10.0 Å². The van der Waals surface area contributed by atoms with Crippen LogP contribution in [0.1, 0.15) is 17.2 Å². The molecule has 6 heteroatoms. The minimum Gasteiger partial charge on any atom is -0.290 e. The fourth-order valence-corrected chi connectivity index (χ4v) is 6.78. The lowest BCUT2D eigenvalue weighted by Crippen LogP contribution is -2.49. The summed E-state index contributed by atoms with van der Waals surface area (Å²) in [6, 6.07) is 32.2. The highest BCUT2D eigenvalue weighted by Gasteiger charge is 2.33. The molecule has 0 atom stereocenters. The molecule has 1 aliphatic heterocycles. The minimum atomic E-state index is -3.60. The smallest absolute Gasteiger partial charge is 0.243 e. The number of benzene rings is 4. The van der Waals surface area contributed by atoms with Gasteiger partial charge in [0.2, 0.25) is 10.0 Å². The first-order valence-corrected chi connectivity index (χ1v) is 13.3. The molecule has 4 aromatic carbocycles. The summed E-state index contributed by atoms with van der Waals surface area (Å²) in [4.78, 5) is 2.76. The standard InChI is InChI=1S/C27H25BrN2O2S/c28-25-15-16-26(24-14-8-7-13-23(24)25)33(31,32)30-19-17-29(18-20-30)27(21-9-3-1-4-10-21)22-11-5-2-6-12-22/h1-16,27H,17-20H2. The van der Waals surface area contributed by atoms with Gasteiger partial charge in [0.15, 0.2) is 0 Å². The maximum absolute atomic E-state index is 13.6. The number of nitrogens with zero attached hydrogens (tertiary/aromatic N) is 2. The molecule has 0 N–H and O–H groups in total. The van der Waals surface area contributed by atoms with Gasteiger partial charge in [-0.3, -0.25) is 4.90 Å². The Kier molecular flexibility index (Phi) is 6.34. The van der Waals surface area contributed by atoms with Crippen LogP contribution in [0, 0.1) is 0 Å². The summed E-state index contributed by atoms with van der Waals surface area (Å²) in [5, 5.41) is 1.66. The monoisotopic (exact) mass is 520 g/mol. The maximum atomic E-state index is 13.6. The van der Waals surface area contributed by atoms with E-state index in [2.05, 4.69) is 69.4 Å². The summed E-state index contributed by atoms with van der Waals surface area (Å²) in [6.07, 6.45) is 0. The Morgan fingerprint density at radius 3 is 1.73 bits per heavy atom. The molecule has 0 amide bonds. The first-order chi connectivity index (χ1) is 16.1. The van der Waals surface area contributed by atoms with Crippen molar-refractivity contribution in [3.05, 3.63) is 113 Å². The molecule has 0 saturated carbocycles. The lowest BCUT2D eigenvalue weighted by Gasteiger charge is -2.39. The fraction of sp³-hybridized carbons (Fsp3) is 0.185. The van der Waals surface area contributed by atoms with Gasteiger partial charge in [-0.05, 0) is 28.6 Å². The number of fused-ring (bicyclic) bond motifs is 1. The average Bonchev–Trinajstić information content (AvgIpc) is 2.86. The van der Waals surface area contributed by atoms with Gasteiger partial charge in [-0.2, -0.15) is 4.31 Å². The molecule has 4 aromatic rings. The molecule has 5 rings (SSSR count). The molecule has 0 spiro atoms. The SMILES string of the molecule is O=S(=O)(c1ccc(Br)c2ccccc12)N1CCN(C(c2ccccc2)c2ccccc2)CC1. The fourth-order valence-electron chi connectivity index (χ4n) is 4.69. The van der Waals surface area contributed by atoms with Crippen molar-refractivity contribution < 1.29 is 8.42 Å². The van der Waals surface area contributed by atoms with Gasteiger partial charge in [0.05, 0.1) is 10.9 Å². The van der Waals surface area contributed by atoms with Crippen LogP contribution in [0.5, 0.6) is 0 Å². The van der Waals surface area contributed by atoms with Crippen molar-refractivity contribution >= 4 is 36.7 Å². The van der Waals surface area contributed by atoms with Gasteiger partial charge in [0.1, 0.15) is 0 Å². The number of rotatable bonds is 5. The van der Waals surface area contributed by atoms with E-state index in [-0.39, 0.29) is 6.04 Å². The number of halogens is 1. The summed E-state index contributed by atoms with van der Waals surface area (Å²) in [5.74, 6) is 0. The predicted molar refractivity (Wildman–Crippen MR) is 137 cm³/mol. The molecule has 4 nitrogen and oxygen atoms in total. The molecule has 0 bridgehead atoms. The van der Waals surface area contributed by atoms with E-state index in [1.165, 1.54) is 11.1 Å². The van der Waals surface area contributed by atoms with Crippen molar-refractivity contribution in [2.75, 3.05) is 26.2 Å². The third kappa shape index (κ3) is 4.36. The molecule has 0 unspecified atom stereocenters. The van der Waals surface area contributed by atoms with Gasteiger partial charge >= 0.3 is 0 Å². The second-order valence-electron chi connectivity index (χ2n) is 8.26. The van der Waals surface area contributed by atoms with E-state index in [9.17, 15) is 8.42 Å². The Bertz CT molecular complexity index is 1310. The Morgan fingerprint density at radius 1 is 0.636 bits per heavy atom. The summed E-state index contributed by atoms with van der Waals surface area (Å²) in [5.41, 5.74) is 2.44. The molecular weight excluding hydrogens is 496 g/mol. The van der Waals surface area contributed by atoms with Crippen LogP contribution >= 0.6 is 15.9 Å². The van der Waals surface area contributed by atoms with Crippen molar-refractivity contribution in [3.8, 4) is 0 Å². The van der Waals surface area contributed by atoms with Crippen molar-refractivity contribution in [2.45, 2.75) is 10.9 Å². The highest BCUT2D eigenvalue weighted by Crippen LogP contribution is 2.33. The Morgan fingerprint density at radius 2 is 1.15 bits per heavy atom. The predicted octanol–water partition coefficient (Wildman–Crippen LogP) is 5.70. The molecular formula is C27H25BrN2O2S. The van der Waals surface area contributed by atoms with Crippen LogP contribution < -0.4 is 0 Å². The third-order valence-corrected chi connectivity index (χ3v) is 8.97. The normalized spacial score (nSPS) is 15.8. The molecule has 1 saturated heterocycles. The average molecular weight is 521 g/mol. The van der Waals surface area contributed by atoms with Gasteiger partial charge in [-0.25, -0.2) is 8.42 Å². The van der Waals surface area contributed by atoms with Crippen molar-refractivity contribution in [1.82, 2.24) is 9.21 Å². The van der Waals surface area contributed by atoms with Crippen LogP contribution in [0.4, 0.5) is 0 Å². The molecule has 1 heterocycles. The molecule has 168 valence electrons. The zero-order valence-corrected chi connectivity index (χ0v) is 20.5. The van der Waals surface area contributed by atoms with Gasteiger partial charge in [-0.15, -0.1) is 0 Å². The van der Waals surface area contributed by atoms with Crippen molar-refractivity contribution in [3.63, 3.8) is 0 Å². The summed E-state index contributed by atoms with van der Waals surface area (Å²) in [7, 11) is -3.60. The van der Waals surface area contributed by atoms with E-state index in [1.54, 1.807) is 10.4 Å². The van der Waals surface area contributed by atoms with E-state index in [4.69, 9.17) is 0 Å². The van der Waals surface area contributed by atoms with Crippen LogP contribution in [0.3, 0.4) is 0 Å². The van der Waals surface area contributed by atoms with Crippen LogP contribution in [0.25, 0.3) is 10.8 Å². The van der Waals surface area contributed by atoms with Crippen LogP contribution in [0.15, 0.2) is 106 Å². The second kappa shape index (κ2) is 9.39. The first-order valence-electron chi connectivity index (χ1n) is 11.1. The molecule has 0 radical (unpaired) electrons. The lowest BCUT2D eigenvalue weighted by atomic mass is 9.96. The summed E-state index contributed by atoms with van der Waals surface area (Å²) >= 11 is 3.55. The molecule has 0 aromatic heterocycles. The Balaban J connectivity index is 1.42. The molecule has 1 fully saturated rings. The second-order valence-corrected chi connectivity index (χ2v) is 11.0. The van der Waals surface area contributed by atoms with Gasteiger partial charge in [-0.1, -0.05) is 101 Å². The lowest BCUT2D eigenvalue weighted by molar-refractivity contribution is 0.156. The third-order valence-electron chi connectivity index (χ3n) is 6.32. The van der Waals surface area contributed by atoms with Gasteiger partial charge in [0, 0.05) is 36.0 Å². The van der Waals surface area contributed by atoms with Gasteiger partial charge in [0.25, 0.3) is 0 Å². The van der Waals surface area contributed by atoms with E-state index >= 15 is 0 Å². The van der Waals surface area contributed by atoms with Gasteiger partial charge < -0.3 is 0 Å². The van der Waals surface area contributed by atoms with Crippen molar-refractivity contribution in [1.29, 1.82) is 0 Å². The number of sulfonamides is 1. The Hall–Kier alpha value is -2.51. The summed E-state index contributed by atoms with van der Waals surface area (Å²) in [6.45, 7) is 2.26. The number of hydrogen-bond acceptors (Lipinski definition) is 3. The van der Waals surface area contributed by atoms with Crippen molar-refractivity contribution in [2.24, 2.45) is 0 Å². The maximum Gasteiger partial charge on any atom is 0.243 e.